The Hall–Kier alpha value is -3.59. The Bertz CT molecular complexity index is 1070. The first kappa shape index (κ1) is 20.7. The molecule has 0 bridgehead atoms. The first-order chi connectivity index (χ1) is 14.9. The summed E-state index contributed by atoms with van der Waals surface area (Å²) in [5.41, 5.74) is 2.51. The fourth-order valence-corrected chi connectivity index (χ4v) is 4.59. The van der Waals surface area contributed by atoms with Crippen molar-refractivity contribution in [1.82, 2.24) is 4.90 Å². The van der Waals surface area contributed by atoms with E-state index < -0.39 is 0 Å². The maximum absolute atomic E-state index is 13.6. The molecule has 6 nitrogen and oxygen atoms in total. The van der Waals surface area contributed by atoms with Gasteiger partial charge in [0.2, 0.25) is 0 Å². The molecule has 2 aromatic rings. The number of carbonyl (C=O) groups is 2. The van der Waals surface area contributed by atoms with Gasteiger partial charge in [-0.1, -0.05) is 26.0 Å². The summed E-state index contributed by atoms with van der Waals surface area (Å²) in [5.74, 6) is 0.884. The first-order valence-corrected chi connectivity index (χ1v) is 10.5. The smallest absolute Gasteiger partial charge is 0.282 e. The number of rotatable bonds is 4. The van der Waals surface area contributed by atoms with Crippen molar-refractivity contribution in [3.63, 3.8) is 0 Å². The van der Waals surface area contributed by atoms with Crippen LogP contribution >= 0.6 is 0 Å². The van der Waals surface area contributed by atoms with Gasteiger partial charge in [-0.15, -0.1) is 0 Å². The lowest BCUT2D eigenvalue weighted by Gasteiger charge is -2.37. The molecule has 2 aromatic carbocycles. The zero-order valence-electron chi connectivity index (χ0n) is 18.0. The molecule has 2 unspecified atom stereocenters. The van der Waals surface area contributed by atoms with Crippen molar-refractivity contribution in [2.75, 3.05) is 25.1 Å². The number of hydrogen-bond donors (Lipinski definition) is 0. The van der Waals surface area contributed by atoms with E-state index in [9.17, 15) is 9.59 Å². The van der Waals surface area contributed by atoms with Crippen LogP contribution in [0.4, 0.5) is 5.69 Å². The highest BCUT2D eigenvalue weighted by Gasteiger charge is 2.43. The molecule has 0 radical (unpaired) electrons. The van der Waals surface area contributed by atoms with Gasteiger partial charge in [-0.25, -0.2) is 4.90 Å². The van der Waals surface area contributed by atoms with E-state index in [4.69, 9.17) is 10.00 Å². The van der Waals surface area contributed by atoms with Gasteiger partial charge in [0.1, 0.15) is 11.4 Å². The lowest BCUT2D eigenvalue weighted by atomic mass is 9.91. The van der Waals surface area contributed by atoms with Gasteiger partial charge in [-0.3, -0.25) is 9.59 Å². The lowest BCUT2D eigenvalue weighted by molar-refractivity contribution is -0.120. The highest BCUT2D eigenvalue weighted by atomic mass is 16.5. The van der Waals surface area contributed by atoms with Gasteiger partial charge in [-0.2, -0.15) is 5.26 Å². The lowest BCUT2D eigenvalue weighted by Crippen LogP contribution is -2.42. The Kier molecular flexibility index (Phi) is 5.51. The zero-order chi connectivity index (χ0) is 22.1. The van der Waals surface area contributed by atoms with Gasteiger partial charge in [-0.05, 0) is 60.2 Å². The minimum atomic E-state index is -0.347. The maximum Gasteiger partial charge on any atom is 0.282 e. The number of anilines is 1. The highest BCUT2D eigenvalue weighted by Crippen LogP contribution is 2.37. The Morgan fingerprint density at radius 3 is 2.10 bits per heavy atom. The SMILES string of the molecule is COc1ccc(C2=C(N3CC(C)CC(C)C3)C(=O)N(c3ccc(C#N)cc3)C2=O)cc1. The number of likely N-dealkylation sites (tertiary alicyclic amines) is 1. The van der Waals surface area contributed by atoms with E-state index in [0.29, 0.717) is 45.7 Å². The Balaban J connectivity index is 1.81. The molecule has 2 atom stereocenters. The van der Waals surface area contributed by atoms with Crippen molar-refractivity contribution >= 4 is 23.1 Å². The van der Waals surface area contributed by atoms with E-state index in [0.717, 1.165) is 19.5 Å². The first-order valence-electron chi connectivity index (χ1n) is 10.5. The van der Waals surface area contributed by atoms with E-state index >= 15 is 0 Å². The van der Waals surface area contributed by atoms with Crippen molar-refractivity contribution in [2.45, 2.75) is 20.3 Å². The van der Waals surface area contributed by atoms with E-state index in [2.05, 4.69) is 24.8 Å². The molecule has 2 heterocycles. The van der Waals surface area contributed by atoms with Crippen LogP contribution in [0.5, 0.6) is 5.75 Å². The van der Waals surface area contributed by atoms with Gasteiger partial charge in [0.25, 0.3) is 11.8 Å². The molecule has 0 spiro atoms. The second kappa shape index (κ2) is 8.27. The van der Waals surface area contributed by atoms with Crippen LogP contribution in [-0.4, -0.2) is 36.9 Å². The molecule has 1 saturated heterocycles. The number of carbonyl (C=O) groups excluding carboxylic acids is 2. The Morgan fingerprint density at radius 2 is 1.55 bits per heavy atom. The van der Waals surface area contributed by atoms with Gasteiger partial charge < -0.3 is 9.64 Å². The third-order valence-corrected chi connectivity index (χ3v) is 5.88. The van der Waals surface area contributed by atoms with Gasteiger partial charge in [0.05, 0.1) is 30.0 Å². The van der Waals surface area contributed by atoms with Gasteiger partial charge in [0, 0.05) is 13.1 Å². The third-order valence-electron chi connectivity index (χ3n) is 5.88. The number of hydrogen-bond acceptors (Lipinski definition) is 5. The van der Waals surface area contributed by atoms with E-state index in [-0.39, 0.29) is 11.8 Å². The summed E-state index contributed by atoms with van der Waals surface area (Å²) in [4.78, 5) is 30.5. The molecule has 6 heteroatoms. The third kappa shape index (κ3) is 3.79. The minimum absolute atomic E-state index is 0.318. The summed E-state index contributed by atoms with van der Waals surface area (Å²) in [6, 6.07) is 15.8. The average Bonchev–Trinajstić information content (AvgIpc) is 3.03. The summed E-state index contributed by atoms with van der Waals surface area (Å²) >= 11 is 0. The van der Waals surface area contributed by atoms with Crippen LogP contribution in [0.15, 0.2) is 54.2 Å². The van der Waals surface area contributed by atoms with Crippen LogP contribution < -0.4 is 9.64 Å². The predicted octanol–water partition coefficient (Wildman–Crippen LogP) is 3.83. The number of methoxy groups -OCH3 is 1. The van der Waals surface area contributed by atoms with Crippen LogP contribution in [0.1, 0.15) is 31.4 Å². The zero-order valence-corrected chi connectivity index (χ0v) is 18.0. The fourth-order valence-electron chi connectivity index (χ4n) is 4.59. The number of nitriles is 1. The predicted molar refractivity (Wildman–Crippen MR) is 118 cm³/mol. The molecule has 158 valence electrons. The van der Waals surface area contributed by atoms with Crippen LogP contribution in [0.2, 0.25) is 0 Å². The number of nitrogens with zero attached hydrogens (tertiary/aromatic N) is 3. The average molecular weight is 415 g/mol. The van der Waals surface area contributed by atoms with Crippen molar-refractivity contribution in [1.29, 1.82) is 5.26 Å². The second-order valence-corrected chi connectivity index (χ2v) is 8.41. The van der Waals surface area contributed by atoms with Gasteiger partial charge >= 0.3 is 0 Å². The van der Waals surface area contributed by atoms with Crippen molar-refractivity contribution in [3.05, 3.63) is 65.4 Å². The van der Waals surface area contributed by atoms with Crippen molar-refractivity contribution in [2.24, 2.45) is 11.8 Å². The molecular weight excluding hydrogens is 390 g/mol. The summed E-state index contributed by atoms with van der Waals surface area (Å²) in [6.45, 7) is 5.82. The monoisotopic (exact) mass is 415 g/mol. The summed E-state index contributed by atoms with van der Waals surface area (Å²) in [7, 11) is 1.59. The molecule has 0 aromatic heterocycles. The quantitative estimate of drug-likeness (QED) is 0.710. The molecule has 1 fully saturated rings. The van der Waals surface area contributed by atoms with Crippen LogP contribution in [0.25, 0.3) is 5.57 Å². The fraction of sp³-hybridized carbons (Fsp3) is 0.320. The number of amides is 2. The number of benzene rings is 2. The van der Waals surface area contributed by atoms with E-state index in [1.807, 2.05) is 12.1 Å². The second-order valence-electron chi connectivity index (χ2n) is 8.41. The molecule has 0 N–H and O–H groups in total. The summed E-state index contributed by atoms with van der Waals surface area (Å²) in [5, 5.41) is 9.07. The minimum Gasteiger partial charge on any atom is -0.497 e. The van der Waals surface area contributed by atoms with Crippen LogP contribution in [-0.2, 0) is 9.59 Å². The van der Waals surface area contributed by atoms with Crippen molar-refractivity contribution in [3.8, 4) is 11.8 Å². The van der Waals surface area contributed by atoms with E-state index in [1.165, 1.54) is 4.90 Å². The molecule has 2 aliphatic rings. The molecule has 31 heavy (non-hydrogen) atoms. The Labute approximate surface area is 182 Å². The number of ether oxygens (including phenoxy) is 1. The van der Waals surface area contributed by atoms with Gasteiger partial charge in [0.15, 0.2) is 0 Å². The van der Waals surface area contributed by atoms with Crippen molar-refractivity contribution < 1.29 is 14.3 Å². The summed E-state index contributed by atoms with van der Waals surface area (Å²) in [6.07, 6.45) is 1.10. The largest absolute Gasteiger partial charge is 0.497 e. The molecule has 0 aliphatic carbocycles. The Morgan fingerprint density at radius 1 is 0.935 bits per heavy atom. The molecule has 2 aliphatic heterocycles. The topological polar surface area (TPSA) is 73.6 Å². The van der Waals surface area contributed by atoms with E-state index in [1.54, 1.807) is 43.5 Å². The van der Waals surface area contributed by atoms with Crippen LogP contribution in [0, 0.1) is 23.2 Å². The standard InChI is InChI=1S/C25H25N3O3/c1-16-12-17(2)15-27(14-16)23-22(19-6-10-21(31-3)11-7-19)24(29)28(25(23)30)20-8-4-18(13-26)5-9-20/h4-11,16-17H,12,14-15H2,1-3H3. The van der Waals surface area contributed by atoms with Crippen LogP contribution in [0.3, 0.4) is 0 Å². The maximum atomic E-state index is 13.6. The highest BCUT2D eigenvalue weighted by molar-refractivity contribution is 6.45. The summed E-state index contributed by atoms with van der Waals surface area (Å²) < 4.78 is 5.25. The molecular formula is C25H25N3O3. The molecule has 2 amide bonds. The number of piperidine rings is 1. The number of imide groups is 1. The normalized spacial score (nSPS) is 21.5. The molecule has 0 saturated carbocycles. The molecule has 4 rings (SSSR count).